The van der Waals surface area contributed by atoms with Crippen LogP contribution in [0.15, 0.2) is 24.3 Å². The molecule has 0 unspecified atom stereocenters. The van der Waals surface area contributed by atoms with Gasteiger partial charge in [0.15, 0.2) is 0 Å². The number of nitrogens with zero attached hydrogens (tertiary/aromatic N) is 2. The Labute approximate surface area is 112 Å². The fourth-order valence-corrected chi connectivity index (χ4v) is 2.06. The molecule has 5 heteroatoms. The molecule has 1 heterocycles. The predicted octanol–water partition coefficient (Wildman–Crippen LogP) is 2.71. The minimum absolute atomic E-state index is 0.232. The summed E-state index contributed by atoms with van der Waals surface area (Å²) in [6.07, 6.45) is 1.87. The first-order valence-corrected chi connectivity index (χ1v) is 6.41. The second-order valence-corrected chi connectivity index (χ2v) is 4.57. The zero-order valence-electron chi connectivity index (χ0n) is 11.3. The molecule has 4 nitrogen and oxygen atoms in total. The number of hydrogen-bond donors (Lipinski definition) is 2. The van der Waals surface area contributed by atoms with E-state index in [9.17, 15) is 4.39 Å². The van der Waals surface area contributed by atoms with Gasteiger partial charge in [-0.2, -0.15) is 5.10 Å². The molecule has 0 atom stereocenters. The number of benzene rings is 1. The minimum Gasteiger partial charge on any atom is -0.394 e. The molecule has 0 saturated heterocycles. The lowest BCUT2D eigenvalue weighted by molar-refractivity contribution is 0.626. The van der Waals surface area contributed by atoms with E-state index in [2.05, 4.69) is 17.3 Å². The van der Waals surface area contributed by atoms with Crippen LogP contribution in [-0.2, 0) is 20.0 Å². The van der Waals surface area contributed by atoms with E-state index < -0.39 is 0 Å². The van der Waals surface area contributed by atoms with Crippen LogP contribution in [-0.4, -0.2) is 9.78 Å². The first-order valence-electron chi connectivity index (χ1n) is 6.41. The summed E-state index contributed by atoms with van der Waals surface area (Å²) in [5.74, 6) is 0.552. The van der Waals surface area contributed by atoms with Crippen molar-refractivity contribution in [2.75, 3.05) is 11.1 Å². The van der Waals surface area contributed by atoms with E-state index in [-0.39, 0.29) is 5.82 Å². The first kappa shape index (κ1) is 13.4. The Hall–Kier alpha value is -2.04. The van der Waals surface area contributed by atoms with Crippen LogP contribution < -0.4 is 11.1 Å². The van der Waals surface area contributed by atoms with E-state index in [1.807, 2.05) is 13.1 Å². The fraction of sp³-hybridized carbons (Fsp3) is 0.357. The third kappa shape index (κ3) is 3.05. The largest absolute Gasteiger partial charge is 0.394 e. The lowest BCUT2D eigenvalue weighted by Gasteiger charge is -2.08. The van der Waals surface area contributed by atoms with Gasteiger partial charge in [-0.05, 0) is 24.1 Å². The second kappa shape index (κ2) is 5.73. The van der Waals surface area contributed by atoms with Crippen LogP contribution in [0.2, 0.25) is 0 Å². The first-order chi connectivity index (χ1) is 9.11. The normalized spacial score (nSPS) is 10.7. The Balaban J connectivity index is 2.11. The highest BCUT2D eigenvalue weighted by Crippen LogP contribution is 2.23. The number of nitrogens with two attached hydrogens (primary N) is 1. The van der Waals surface area contributed by atoms with Crippen molar-refractivity contribution in [2.24, 2.45) is 7.05 Å². The van der Waals surface area contributed by atoms with Gasteiger partial charge in [0, 0.05) is 13.6 Å². The van der Waals surface area contributed by atoms with Gasteiger partial charge in [-0.3, -0.25) is 4.68 Å². The third-order valence-corrected chi connectivity index (χ3v) is 3.00. The van der Waals surface area contributed by atoms with Gasteiger partial charge in [-0.1, -0.05) is 25.5 Å². The summed E-state index contributed by atoms with van der Waals surface area (Å²) >= 11 is 0. The number of halogens is 1. The average molecular weight is 262 g/mol. The van der Waals surface area contributed by atoms with Gasteiger partial charge in [-0.25, -0.2) is 4.39 Å². The Morgan fingerprint density at radius 2 is 2.21 bits per heavy atom. The topological polar surface area (TPSA) is 55.9 Å². The van der Waals surface area contributed by atoms with Crippen molar-refractivity contribution < 1.29 is 4.39 Å². The lowest BCUT2D eigenvalue weighted by Crippen LogP contribution is -2.06. The number of nitrogen functional groups attached to an aromatic ring is 1. The molecule has 19 heavy (non-hydrogen) atoms. The second-order valence-electron chi connectivity index (χ2n) is 4.57. The summed E-state index contributed by atoms with van der Waals surface area (Å²) in [6, 6.07) is 6.50. The Morgan fingerprint density at radius 3 is 2.89 bits per heavy atom. The number of anilines is 2. The summed E-state index contributed by atoms with van der Waals surface area (Å²) in [6.45, 7) is 2.61. The predicted molar refractivity (Wildman–Crippen MR) is 75.3 cm³/mol. The average Bonchev–Trinajstić information content (AvgIpc) is 2.63. The van der Waals surface area contributed by atoms with Crippen molar-refractivity contribution in [2.45, 2.75) is 26.3 Å². The van der Waals surface area contributed by atoms with Gasteiger partial charge in [0.05, 0.1) is 11.4 Å². The number of hydrogen-bond acceptors (Lipinski definition) is 3. The summed E-state index contributed by atoms with van der Waals surface area (Å²) in [5.41, 5.74) is 8.53. The van der Waals surface area contributed by atoms with E-state index in [4.69, 9.17) is 5.73 Å². The van der Waals surface area contributed by atoms with Crippen molar-refractivity contribution in [1.29, 1.82) is 0 Å². The van der Waals surface area contributed by atoms with Crippen LogP contribution in [0.25, 0.3) is 0 Å². The maximum Gasteiger partial charge on any atom is 0.148 e. The van der Waals surface area contributed by atoms with Gasteiger partial charge in [-0.15, -0.1) is 0 Å². The van der Waals surface area contributed by atoms with E-state index in [0.29, 0.717) is 12.2 Å². The summed E-state index contributed by atoms with van der Waals surface area (Å²) in [4.78, 5) is 0. The Morgan fingerprint density at radius 1 is 1.42 bits per heavy atom. The summed E-state index contributed by atoms with van der Waals surface area (Å²) in [7, 11) is 1.85. The molecule has 2 aromatic rings. The molecule has 0 aliphatic rings. The lowest BCUT2D eigenvalue weighted by atomic mass is 10.2. The molecule has 0 bridgehead atoms. The van der Waals surface area contributed by atoms with E-state index >= 15 is 0 Å². The zero-order valence-corrected chi connectivity index (χ0v) is 11.3. The van der Waals surface area contributed by atoms with E-state index in [1.165, 1.54) is 12.1 Å². The molecule has 0 saturated carbocycles. The number of nitrogens with one attached hydrogen (secondary N) is 1. The van der Waals surface area contributed by atoms with E-state index in [0.717, 1.165) is 29.9 Å². The van der Waals surface area contributed by atoms with Crippen molar-refractivity contribution in [3.05, 3.63) is 41.3 Å². The van der Waals surface area contributed by atoms with Crippen molar-refractivity contribution in [3.63, 3.8) is 0 Å². The highest BCUT2D eigenvalue weighted by atomic mass is 19.1. The molecule has 0 radical (unpaired) electrons. The van der Waals surface area contributed by atoms with Crippen LogP contribution in [0.3, 0.4) is 0 Å². The molecule has 0 amide bonds. The number of aromatic nitrogens is 2. The highest BCUT2D eigenvalue weighted by molar-refractivity contribution is 5.65. The monoisotopic (exact) mass is 262 g/mol. The molecular weight excluding hydrogens is 243 g/mol. The molecule has 1 aromatic heterocycles. The molecule has 0 spiro atoms. The van der Waals surface area contributed by atoms with Crippen molar-refractivity contribution in [1.82, 2.24) is 9.78 Å². The Bertz CT molecular complexity index is 563. The maximum absolute atomic E-state index is 13.1. The molecule has 3 N–H and O–H groups in total. The molecule has 0 fully saturated rings. The maximum atomic E-state index is 13.1. The van der Waals surface area contributed by atoms with Crippen LogP contribution in [0.4, 0.5) is 15.9 Å². The number of rotatable bonds is 5. The smallest absolute Gasteiger partial charge is 0.148 e. The van der Waals surface area contributed by atoms with Crippen LogP contribution in [0.5, 0.6) is 0 Å². The third-order valence-electron chi connectivity index (χ3n) is 3.00. The fourth-order valence-electron chi connectivity index (χ4n) is 2.06. The minimum atomic E-state index is -0.232. The summed E-state index contributed by atoms with van der Waals surface area (Å²) in [5, 5.41) is 7.60. The van der Waals surface area contributed by atoms with Crippen LogP contribution >= 0.6 is 0 Å². The van der Waals surface area contributed by atoms with Gasteiger partial charge >= 0.3 is 0 Å². The van der Waals surface area contributed by atoms with Crippen LogP contribution in [0.1, 0.15) is 24.6 Å². The molecule has 0 aliphatic carbocycles. The zero-order chi connectivity index (χ0) is 13.8. The van der Waals surface area contributed by atoms with Crippen LogP contribution in [0, 0.1) is 5.82 Å². The van der Waals surface area contributed by atoms with Crippen molar-refractivity contribution >= 4 is 11.5 Å². The van der Waals surface area contributed by atoms with E-state index in [1.54, 1.807) is 10.7 Å². The quantitative estimate of drug-likeness (QED) is 0.871. The molecular formula is C14H19FN4. The molecule has 1 aromatic carbocycles. The van der Waals surface area contributed by atoms with Gasteiger partial charge in [0.25, 0.3) is 0 Å². The molecule has 2 rings (SSSR count). The highest BCUT2D eigenvalue weighted by Gasteiger charge is 2.12. The molecule has 102 valence electrons. The molecule has 0 aliphatic heterocycles. The van der Waals surface area contributed by atoms with Gasteiger partial charge in [0.1, 0.15) is 11.6 Å². The summed E-state index contributed by atoms with van der Waals surface area (Å²) < 4.78 is 14.8. The standard InChI is InChI=1S/C14H19FN4/c1-3-5-12-13(16)14(19(2)18-12)17-9-10-6-4-7-11(15)8-10/h4,6-8,17H,3,5,9,16H2,1-2H3. The Kier molecular flexibility index (Phi) is 4.04. The van der Waals surface area contributed by atoms with Gasteiger partial charge < -0.3 is 11.1 Å². The SMILES string of the molecule is CCCc1nn(C)c(NCc2cccc(F)c2)c1N. The van der Waals surface area contributed by atoms with Crippen molar-refractivity contribution in [3.8, 4) is 0 Å². The number of aryl methyl sites for hydroxylation is 2. The van der Waals surface area contributed by atoms with Gasteiger partial charge in [0.2, 0.25) is 0 Å².